The van der Waals surface area contributed by atoms with Gasteiger partial charge in [-0.1, -0.05) is 6.07 Å². The number of aromatic nitrogens is 2. The molecule has 3 aromatic rings. The summed E-state index contributed by atoms with van der Waals surface area (Å²) in [7, 11) is 0. The summed E-state index contributed by atoms with van der Waals surface area (Å²) >= 11 is 3.60. The van der Waals surface area contributed by atoms with Crippen molar-refractivity contribution in [2.75, 3.05) is 5.73 Å². The molecule has 0 saturated heterocycles. The van der Waals surface area contributed by atoms with Crippen molar-refractivity contribution in [2.45, 2.75) is 20.0 Å². The quantitative estimate of drug-likeness (QED) is 0.695. The summed E-state index contributed by atoms with van der Waals surface area (Å²) < 4.78 is 2.92. The van der Waals surface area contributed by atoms with Crippen LogP contribution in [0.4, 0.5) is 5.69 Å². The van der Waals surface area contributed by atoms with E-state index in [2.05, 4.69) is 20.9 Å². The maximum absolute atomic E-state index is 10.1. The Bertz CT molecular complexity index is 824. The van der Waals surface area contributed by atoms with Gasteiger partial charge in [0, 0.05) is 10.2 Å². The number of nitrogens with two attached hydrogens (primary N) is 1. The van der Waals surface area contributed by atoms with Crippen LogP contribution in [-0.2, 0) is 0 Å². The second kappa shape index (κ2) is 5.16. The number of benzene rings is 2. The van der Waals surface area contributed by atoms with E-state index in [1.54, 1.807) is 6.92 Å². The van der Waals surface area contributed by atoms with Gasteiger partial charge in [0.1, 0.15) is 11.9 Å². The molecule has 0 bridgehead atoms. The van der Waals surface area contributed by atoms with Gasteiger partial charge in [-0.05, 0) is 65.7 Å². The highest BCUT2D eigenvalue weighted by Gasteiger charge is 2.17. The Labute approximate surface area is 131 Å². The van der Waals surface area contributed by atoms with Gasteiger partial charge in [-0.25, -0.2) is 4.98 Å². The van der Waals surface area contributed by atoms with Crippen molar-refractivity contribution in [2.24, 2.45) is 0 Å². The van der Waals surface area contributed by atoms with Crippen molar-refractivity contribution in [3.05, 3.63) is 52.3 Å². The molecule has 0 amide bonds. The van der Waals surface area contributed by atoms with E-state index >= 15 is 0 Å². The number of aliphatic hydroxyl groups is 1. The van der Waals surface area contributed by atoms with Crippen molar-refractivity contribution in [3.8, 4) is 5.69 Å². The van der Waals surface area contributed by atoms with E-state index in [0.717, 1.165) is 26.8 Å². The second-order valence-electron chi connectivity index (χ2n) is 5.18. The number of aliphatic hydroxyl groups excluding tert-OH is 1. The summed E-state index contributed by atoms with van der Waals surface area (Å²) in [6.07, 6.45) is -0.674. The molecule has 0 fully saturated rings. The van der Waals surface area contributed by atoms with Crippen LogP contribution in [0.2, 0.25) is 0 Å². The number of anilines is 1. The van der Waals surface area contributed by atoms with Crippen LogP contribution in [-0.4, -0.2) is 14.7 Å². The molecular weight excluding hydrogens is 330 g/mol. The highest BCUT2D eigenvalue weighted by molar-refractivity contribution is 9.10. The molecule has 1 aromatic heterocycles. The lowest BCUT2D eigenvalue weighted by molar-refractivity contribution is 0.187. The van der Waals surface area contributed by atoms with Crippen molar-refractivity contribution in [1.82, 2.24) is 9.55 Å². The van der Waals surface area contributed by atoms with Gasteiger partial charge < -0.3 is 10.8 Å². The van der Waals surface area contributed by atoms with Gasteiger partial charge in [-0.15, -0.1) is 0 Å². The van der Waals surface area contributed by atoms with Crippen molar-refractivity contribution < 1.29 is 5.11 Å². The number of hydrogen-bond donors (Lipinski definition) is 2. The number of nitrogens with zero attached hydrogens (tertiary/aromatic N) is 2. The van der Waals surface area contributed by atoms with Crippen LogP contribution < -0.4 is 5.73 Å². The first-order valence-corrected chi connectivity index (χ1v) is 7.49. The third kappa shape index (κ3) is 2.43. The van der Waals surface area contributed by atoms with E-state index in [-0.39, 0.29) is 0 Å². The van der Waals surface area contributed by atoms with E-state index < -0.39 is 6.10 Å². The molecule has 2 aromatic carbocycles. The Morgan fingerprint density at radius 1 is 1.24 bits per heavy atom. The van der Waals surface area contributed by atoms with Crippen molar-refractivity contribution in [3.63, 3.8) is 0 Å². The van der Waals surface area contributed by atoms with Crippen LogP contribution in [0.1, 0.15) is 24.4 Å². The lowest BCUT2D eigenvalue weighted by Gasteiger charge is -2.13. The molecule has 3 rings (SSSR count). The van der Waals surface area contributed by atoms with Crippen LogP contribution in [0, 0.1) is 6.92 Å². The number of aryl methyl sites for hydroxylation is 1. The van der Waals surface area contributed by atoms with E-state index in [9.17, 15) is 5.11 Å². The van der Waals surface area contributed by atoms with Crippen LogP contribution in [0.5, 0.6) is 0 Å². The number of fused-ring (bicyclic) bond motifs is 1. The summed E-state index contributed by atoms with van der Waals surface area (Å²) in [6.45, 7) is 3.75. The fourth-order valence-corrected chi connectivity index (χ4v) is 3.11. The molecule has 1 unspecified atom stereocenters. The minimum atomic E-state index is -0.674. The van der Waals surface area contributed by atoms with Crippen molar-refractivity contribution >= 4 is 32.7 Å². The van der Waals surface area contributed by atoms with E-state index in [0.29, 0.717) is 11.5 Å². The Hall–Kier alpha value is -1.85. The van der Waals surface area contributed by atoms with Gasteiger partial charge in [-0.2, -0.15) is 0 Å². The standard InChI is InChI=1S/C16H16BrN3O/c1-9-3-5-14(12(17)7-9)20-15-6-4-11(18)8-13(15)19-16(20)10(2)21/h3-8,10,21H,18H2,1-2H3. The third-order valence-corrected chi connectivity index (χ3v) is 4.06. The van der Waals surface area contributed by atoms with Crippen LogP contribution >= 0.6 is 15.9 Å². The van der Waals surface area contributed by atoms with E-state index in [4.69, 9.17) is 5.73 Å². The molecule has 0 aliphatic heterocycles. The Morgan fingerprint density at radius 3 is 2.67 bits per heavy atom. The first-order valence-electron chi connectivity index (χ1n) is 6.70. The van der Waals surface area contributed by atoms with Crippen LogP contribution in [0.3, 0.4) is 0 Å². The molecule has 108 valence electrons. The average Bonchev–Trinajstić information content (AvgIpc) is 2.77. The zero-order valence-corrected chi connectivity index (χ0v) is 13.4. The number of hydrogen-bond acceptors (Lipinski definition) is 3. The zero-order valence-electron chi connectivity index (χ0n) is 11.8. The van der Waals surface area contributed by atoms with Crippen LogP contribution in [0.25, 0.3) is 16.7 Å². The highest BCUT2D eigenvalue weighted by atomic mass is 79.9. The minimum Gasteiger partial charge on any atom is -0.399 e. The van der Waals surface area contributed by atoms with Gasteiger partial charge in [0.25, 0.3) is 0 Å². The SMILES string of the molecule is Cc1ccc(-n2c(C(C)O)nc3cc(N)ccc32)c(Br)c1. The molecule has 3 N–H and O–H groups in total. The lowest BCUT2D eigenvalue weighted by Crippen LogP contribution is -2.05. The van der Waals surface area contributed by atoms with E-state index in [1.165, 1.54) is 0 Å². The Morgan fingerprint density at radius 2 is 2.00 bits per heavy atom. The van der Waals surface area contributed by atoms with Gasteiger partial charge in [-0.3, -0.25) is 4.57 Å². The fourth-order valence-electron chi connectivity index (χ4n) is 2.44. The number of halogens is 1. The number of imidazole rings is 1. The largest absolute Gasteiger partial charge is 0.399 e. The molecule has 1 heterocycles. The second-order valence-corrected chi connectivity index (χ2v) is 6.04. The molecule has 0 radical (unpaired) electrons. The molecule has 21 heavy (non-hydrogen) atoms. The fraction of sp³-hybridized carbons (Fsp3) is 0.188. The Kier molecular flexibility index (Phi) is 3.47. The predicted octanol–water partition coefficient (Wildman–Crippen LogP) is 3.73. The topological polar surface area (TPSA) is 64.1 Å². The molecular formula is C16H16BrN3O. The first-order chi connectivity index (χ1) is 9.97. The van der Waals surface area contributed by atoms with Crippen LogP contribution in [0.15, 0.2) is 40.9 Å². The average molecular weight is 346 g/mol. The van der Waals surface area contributed by atoms with Gasteiger partial charge in [0.05, 0.1) is 16.7 Å². The summed E-state index contributed by atoms with van der Waals surface area (Å²) in [5.41, 5.74) is 10.3. The predicted molar refractivity (Wildman–Crippen MR) is 88.6 cm³/mol. The van der Waals surface area contributed by atoms with Gasteiger partial charge >= 0.3 is 0 Å². The smallest absolute Gasteiger partial charge is 0.143 e. The molecule has 0 aliphatic carbocycles. The number of nitrogen functional groups attached to an aromatic ring is 1. The number of rotatable bonds is 2. The lowest BCUT2D eigenvalue weighted by atomic mass is 10.2. The molecule has 5 heteroatoms. The molecule has 4 nitrogen and oxygen atoms in total. The minimum absolute atomic E-state index is 0.597. The summed E-state index contributed by atoms with van der Waals surface area (Å²) in [5.74, 6) is 0.597. The zero-order chi connectivity index (χ0) is 15.1. The maximum Gasteiger partial charge on any atom is 0.143 e. The summed E-state index contributed by atoms with van der Waals surface area (Å²) in [6, 6.07) is 11.7. The molecule has 1 atom stereocenters. The summed E-state index contributed by atoms with van der Waals surface area (Å²) in [4.78, 5) is 4.53. The van der Waals surface area contributed by atoms with E-state index in [1.807, 2.05) is 47.9 Å². The molecule has 0 spiro atoms. The van der Waals surface area contributed by atoms with Gasteiger partial charge in [0.15, 0.2) is 0 Å². The first kappa shape index (κ1) is 14.1. The molecule has 0 saturated carbocycles. The third-order valence-electron chi connectivity index (χ3n) is 3.42. The van der Waals surface area contributed by atoms with Crippen molar-refractivity contribution in [1.29, 1.82) is 0 Å². The van der Waals surface area contributed by atoms with Gasteiger partial charge in [0.2, 0.25) is 0 Å². The Balaban J connectivity index is 2.36. The normalized spacial score (nSPS) is 12.8. The summed E-state index contributed by atoms with van der Waals surface area (Å²) in [5, 5.41) is 10.1. The maximum atomic E-state index is 10.1. The highest BCUT2D eigenvalue weighted by Crippen LogP contribution is 2.31. The monoisotopic (exact) mass is 345 g/mol. The molecule has 0 aliphatic rings.